The van der Waals surface area contributed by atoms with E-state index in [4.69, 9.17) is 0 Å². The van der Waals surface area contributed by atoms with E-state index < -0.39 is 0 Å². The van der Waals surface area contributed by atoms with Crippen LogP contribution in [-0.2, 0) is 0 Å². The van der Waals surface area contributed by atoms with Gasteiger partial charge in [0.25, 0.3) is 0 Å². The number of hydrogen-bond acceptors (Lipinski definition) is 1. The summed E-state index contributed by atoms with van der Waals surface area (Å²) in [6.07, 6.45) is 2.46. The Hall–Kier alpha value is -1.50. The van der Waals surface area contributed by atoms with E-state index in [1.165, 1.54) is 23.8 Å². The monoisotopic (exact) mass is 242 g/mol. The Bertz CT molecular complexity index is 528. The second-order valence-electron chi connectivity index (χ2n) is 5.43. The van der Waals surface area contributed by atoms with E-state index in [1.54, 1.807) is 6.07 Å². The summed E-state index contributed by atoms with van der Waals surface area (Å²) >= 11 is 0. The zero-order valence-corrected chi connectivity index (χ0v) is 11.5. The molecule has 0 heterocycles. The molecule has 2 aromatic carbocycles. The molecule has 0 radical (unpaired) electrons. The highest BCUT2D eigenvalue weighted by Gasteiger charge is 2.15. The van der Waals surface area contributed by atoms with Crippen LogP contribution >= 0.6 is 0 Å². The average Bonchev–Trinajstić information content (AvgIpc) is 2.35. The Kier molecular flexibility index (Phi) is 3.90. The van der Waals surface area contributed by atoms with Gasteiger partial charge in [-0.25, -0.2) is 0 Å². The van der Waals surface area contributed by atoms with Crippen LogP contribution in [0.2, 0.25) is 0 Å². The molecule has 18 heavy (non-hydrogen) atoms. The summed E-state index contributed by atoms with van der Waals surface area (Å²) in [7, 11) is 0. The summed E-state index contributed by atoms with van der Waals surface area (Å²) in [5.41, 5.74) is 1.42. The second kappa shape index (κ2) is 5.43. The van der Waals surface area contributed by atoms with Crippen LogP contribution in [0.25, 0.3) is 10.8 Å². The summed E-state index contributed by atoms with van der Waals surface area (Å²) in [6.45, 7) is 6.83. The van der Waals surface area contributed by atoms with Crippen LogP contribution in [0, 0.1) is 5.92 Å². The lowest BCUT2D eigenvalue weighted by molar-refractivity contribution is 0.464. The summed E-state index contributed by atoms with van der Waals surface area (Å²) in [5, 5.41) is 11.8. The molecule has 0 aromatic heterocycles. The molecule has 0 fully saturated rings. The highest BCUT2D eigenvalue weighted by Crippen LogP contribution is 2.31. The predicted molar refractivity (Wildman–Crippen MR) is 78.1 cm³/mol. The van der Waals surface area contributed by atoms with Gasteiger partial charge in [-0.3, -0.25) is 0 Å². The van der Waals surface area contributed by atoms with Gasteiger partial charge in [0.1, 0.15) is 5.75 Å². The fourth-order valence-electron chi connectivity index (χ4n) is 2.68. The van der Waals surface area contributed by atoms with Gasteiger partial charge in [-0.1, -0.05) is 51.5 Å². The van der Waals surface area contributed by atoms with Gasteiger partial charge in [0.05, 0.1) is 0 Å². The predicted octanol–water partition coefficient (Wildman–Crippen LogP) is 5.09. The van der Waals surface area contributed by atoms with E-state index in [-0.39, 0.29) is 0 Å². The van der Waals surface area contributed by atoms with Gasteiger partial charge in [-0.15, -0.1) is 0 Å². The molecule has 0 saturated heterocycles. The lowest BCUT2D eigenvalue weighted by Crippen LogP contribution is -2.06. The lowest BCUT2D eigenvalue weighted by atomic mass is 9.84. The van der Waals surface area contributed by atoms with Crippen molar-refractivity contribution < 1.29 is 5.11 Å². The van der Waals surface area contributed by atoms with Crippen LogP contribution in [-0.4, -0.2) is 5.11 Å². The quantitative estimate of drug-likeness (QED) is 0.792. The number of phenolic OH excluding ortho intramolecular Hbond substituents is 1. The van der Waals surface area contributed by atoms with Crippen molar-refractivity contribution in [3.05, 3.63) is 42.0 Å². The van der Waals surface area contributed by atoms with E-state index in [9.17, 15) is 5.11 Å². The van der Waals surface area contributed by atoms with E-state index >= 15 is 0 Å². The molecule has 0 aliphatic heterocycles. The molecule has 2 aromatic rings. The lowest BCUT2D eigenvalue weighted by Gasteiger charge is -2.21. The van der Waals surface area contributed by atoms with Crippen molar-refractivity contribution in [3.8, 4) is 5.75 Å². The van der Waals surface area contributed by atoms with E-state index in [1.807, 2.05) is 12.1 Å². The van der Waals surface area contributed by atoms with Crippen LogP contribution in [0.4, 0.5) is 0 Å². The average molecular weight is 242 g/mol. The molecule has 0 aliphatic rings. The molecule has 1 atom stereocenters. The Morgan fingerprint density at radius 1 is 1.00 bits per heavy atom. The minimum absolute atomic E-state index is 0.337. The van der Waals surface area contributed by atoms with Crippen molar-refractivity contribution in [1.29, 1.82) is 0 Å². The highest BCUT2D eigenvalue weighted by molar-refractivity contribution is 5.84. The number of hydrogen-bond donors (Lipinski definition) is 1. The Morgan fingerprint density at radius 3 is 2.33 bits per heavy atom. The summed E-state index contributed by atoms with van der Waals surface area (Å²) in [6, 6.07) is 12.2. The van der Waals surface area contributed by atoms with E-state index in [0.717, 1.165) is 5.39 Å². The van der Waals surface area contributed by atoms with Gasteiger partial charge < -0.3 is 5.11 Å². The zero-order chi connectivity index (χ0) is 13.1. The van der Waals surface area contributed by atoms with Crippen molar-refractivity contribution in [3.63, 3.8) is 0 Å². The van der Waals surface area contributed by atoms with E-state index in [2.05, 4.69) is 39.0 Å². The maximum atomic E-state index is 9.48. The van der Waals surface area contributed by atoms with Crippen molar-refractivity contribution in [2.75, 3.05) is 0 Å². The molecule has 1 N–H and O–H groups in total. The van der Waals surface area contributed by atoms with Gasteiger partial charge in [-0.05, 0) is 46.7 Å². The standard InChI is InChI=1S/C17H22O/c1-4-5-17(12(2)3)15-7-6-14-11-16(18)9-8-13(14)10-15/h6-12,17-18H,4-5H2,1-3H3. The van der Waals surface area contributed by atoms with Gasteiger partial charge in [0, 0.05) is 0 Å². The molecule has 1 nitrogen and oxygen atoms in total. The molecule has 0 spiro atoms. The smallest absolute Gasteiger partial charge is 0.116 e. The van der Waals surface area contributed by atoms with Crippen molar-refractivity contribution in [2.24, 2.45) is 5.92 Å². The summed E-state index contributed by atoms with van der Waals surface area (Å²) in [4.78, 5) is 0. The third-order valence-electron chi connectivity index (χ3n) is 3.68. The number of rotatable bonds is 4. The first-order chi connectivity index (χ1) is 8.61. The number of phenols is 1. The van der Waals surface area contributed by atoms with Crippen molar-refractivity contribution in [1.82, 2.24) is 0 Å². The number of fused-ring (bicyclic) bond motifs is 1. The van der Waals surface area contributed by atoms with E-state index in [0.29, 0.717) is 17.6 Å². The third kappa shape index (κ3) is 2.66. The number of aromatic hydroxyl groups is 1. The molecular formula is C17H22O. The van der Waals surface area contributed by atoms with Crippen LogP contribution in [0.3, 0.4) is 0 Å². The largest absolute Gasteiger partial charge is 0.508 e. The first-order valence-corrected chi connectivity index (χ1v) is 6.84. The minimum atomic E-state index is 0.337. The second-order valence-corrected chi connectivity index (χ2v) is 5.43. The summed E-state index contributed by atoms with van der Waals surface area (Å²) < 4.78 is 0. The molecule has 1 heteroatoms. The molecule has 1 unspecified atom stereocenters. The SMILES string of the molecule is CCCC(c1ccc2cc(O)ccc2c1)C(C)C. The molecule has 0 bridgehead atoms. The molecule has 0 aliphatic carbocycles. The van der Waals surface area contributed by atoms with Gasteiger partial charge in [0.2, 0.25) is 0 Å². The zero-order valence-electron chi connectivity index (χ0n) is 11.5. The Labute approximate surface area is 109 Å². The number of benzene rings is 2. The first-order valence-electron chi connectivity index (χ1n) is 6.84. The van der Waals surface area contributed by atoms with Crippen molar-refractivity contribution >= 4 is 10.8 Å². The van der Waals surface area contributed by atoms with Crippen LogP contribution in [0.5, 0.6) is 5.75 Å². The fraction of sp³-hybridized carbons (Fsp3) is 0.412. The van der Waals surface area contributed by atoms with Gasteiger partial charge >= 0.3 is 0 Å². The molecule has 96 valence electrons. The maximum Gasteiger partial charge on any atom is 0.116 e. The van der Waals surface area contributed by atoms with Gasteiger partial charge in [0.15, 0.2) is 0 Å². The topological polar surface area (TPSA) is 20.2 Å². The fourth-order valence-corrected chi connectivity index (χ4v) is 2.68. The van der Waals surface area contributed by atoms with Crippen LogP contribution in [0.15, 0.2) is 36.4 Å². The normalized spacial score (nSPS) is 13.1. The maximum absolute atomic E-state index is 9.48. The van der Waals surface area contributed by atoms with Gasteiger partial charge in [-0.2, -0.15) is 0 Å². The third-order valence-corrected chi connectivity index (χ3v) is 3.68. The van der Waals surface area contributed by atoms with Crippen LogP contribution in [0.1, 0.15) is 45.1 Å². The Morgan fingerprint density at radius 2 is 1.67 bits per heavy atom. The minimum Gasteiger partial charge on any atom is -0.508 e. The van der Waals surface area contributed by atoms with Crippen LogP contribution < -0.4 is 0 Å². The summed E-state index contributed by atoms with van der Waals surface area (Å²) in [5.74, 6) is 1.64. The highest BCUT2D eigenvalue weighted by atomic mass is 16.3. The molecule has 2 rings (SSSR count). The molecular weight excluding hydrogens is 220 g/mol. The van der Waals surface area contributed by atoms with Crippen molar-refractivity contribution in [2.45, 2.75) is 39.5 Å². The molecule has 0 saturated carbocycles. The Balaban J connectivity index is 2.42. The molecule has 0 amide bonds. The first kappa shape index (κ1) is 12.9.